The Morgan fingerprint density at radius 3 is 2.77 bits per heavy atom. The van der Waals surface area contributed by atoms with Crippen molar-refractivity contribution in [1.29, 1.82) is 0 Å². The molecule has 0 aliphatic heterocycles. The maximum Gasteiger partial charge on any atom is 0.511 e. The summed E-state index contributed by atoms with van der Waals surface area (Å²) in [6.07, 6.45) is 1.46. The van der Waals surface area contributed by atoms with Crippen molar-refractivity contribution < 1.29 is 19.7 Å². The van der Waals surface area contributed by atoms with Crippen molar-refractivity contribution in [3.05, 3.63) is 45.4 Å². The first-order chi connectivity index (χ1) is 14.4. The number of pyridine rings is 1. The van der Waals surface area contributed by atoms with Crippen LogP contribution in [0.2, 0.25) is 0 Å². The number of ether oxygens (including phenoxy) is 1. The van der Waals surface area contributed by atoms with Gasteiger partial charge in [0.2, 0.25) is 5.75 Å². The zero-order valence-corrected chi connectivity index (χ0v) is 17.0. The van der Waals surface area contributed by atoms with E-state index in [2.05, 4.69) is 38.7 Å². The van der Waals surface area contributed by atoms with E-state index >= 15 is 0 Å². The van der Waals surface area contributed by atoms with Crippen LogP contribution in [0.15, 0.2) is 23.0 Å². The zero-order chi connectivity index (χ0) is 21.4. The van der Waals surface area contributed by atoms with Gasteiger partial charge in [0.05, 0.1) is 5.69 Å². The molecule has 3 aromatic rings. The van der Waals surface area contributed by atoms with Crippen molar-refractivity contribution in [2.45, 2.75) is 39.2 Å². The number of H-pyrrole nitrogens is 1. The third kappa shape index (κ3) is 3.43. The van der Waals surface area contributed by atoms with E-state index in [0.29, 0.717) is 17.7 Å². The van der Waals surface area contributed by atoms with E-state index in [1.165, 1.54) is 0 Å². The van der Waals surface area contributed by atoms with Crippen molar-refractivity contribution >= 4 is 17.1 Å². The fraction of sp³-hybridized carbons (Fsp3) is 0.364. The Labute approximate surface area is 173 Å². The van der Waals surface area contributed by atoms with Gasteiger partial charge in [-0.2, -0.15) is 0 Å². The van der Waals surface area contributed by atoms with Crippen LogP contribution in [0.25, 0.3) is 22.2 Å². The van der Waals surface area contributed by atoms with Crippen LogP contribution in [0.4, 0.5) is 4.79 Å². The fourth-order valence-electron chi connectivity index (χ4n) is 4.23. The van der Waals surface area contributed by atoms with Crippen LogP contribution in [-0.2, 0) is 26.4 Å². The lowest BCUT2D eigenvalue weighted by Gasteiger charge is -2.19. The summed E-state index contributed by atoms with van der Waals surface area (Å²) in [6.45, 7) is 3.71. The van der Waals surface area contributed by atoms with Crippen molar-refractivity contribution in [1.82, 2.24) is 14.9 Å². The summed E-state index contributed by atoms with van der Waals surface area (Å²) < 4.78 is 6.71. The molecule has 2 heterocycles. The molecule has 0 saturated heterocycles. The summed E-state index contributed by atoms with van der Waals surface area (Å²) in [5, 5.41) is 23.9. The molecule has 0 spiro atoms. The predicted octanol–water partition coefficient (Wildman–Crippen LogP) is 3.28. The molecule has 4 N–H and O–H groups in total. The van der Waals surface area contributed by atoms with Gasteiger partial charge in [0, 0.05) is 41.3 Å². The molecule has 4 rings (SSSR count). The number of nitrogens with one attached hydrogen (secondary N) is 2. The van der Waals surface area contributed by atoms with E-state index in [-0.39, 0.29) is 0 Å². The van der Waals surface area contributed by atoms with Crippen molar-refractivity contribution in [3.63, 3.8) is 0 Å². The van der Waals surface area contributed by atoms with Crippen LogP contribution in [-0.4, -0.2) is 32.5 Å². The van der Waals surface area contributed by atoms with Crippen LogP contribution in [0.1, 0.15) is 36.6 Å². The molecule has 1 aromatic carbocycles. The van der Waals surface area contributed by atoms with E-state index < -0.39 is 23.2 Å². The summed E-state index contributed by atoms with van der Waals surface area (Å²) in [7, 11) is 2.04. The molecule has 1 aliphatic carbocycles. The average Bonchev–Trinajstić information content (AvgIpc) is 3.00. The molecule has 2 aromatic heterocycles. The van der Waals surface area contributed by atoms with Gasteiger partial charge in [0.25, 0.3) is 5.56 Å². The minimum atomic E-state index is -1.64. The van der Waals surface area contributed by atoms with Crippen LogP contribution < -0.4 is 15.6 Å². The van der Waals surface area contributed by atoms with Crippen molar-refractivity contribution in [2.24, 2.45) is 7.05 Å². The molecule has 8 nitrogen and oxygen atoms in total. The number of carboxylic acid groups (broad SMARTS) is 1. The van der Waals surface area contributed by atoms with Crippen molar-refractivity contribution in [2.75, 3.05) is 6.54 Å². The van der Waals surface area contributed by atoms with Gasteiger partial charge < -0.3 is 29.8 Å². The second kappa shape index (κ2) is 7.87. The third-order valence-corrected chi connectivity index (χ3v) is 5.75. The first-order valence-corrected chi connectivity index (χ1v) is 10.1. The Balaban J connectivity index is 1.93. The quantitative estimate of drug-likeness (QED) is 0.490. The molecule has 0 unspecified atom stereocenters. The van der Waals surface area contributed by atoms with Gasteiger partial charge in [-0.05, 0) is 56.0 Å². The Hall–Kier alpha value is -3.26. The normalized spacial score (nSPS) is 13.4. The van der Waals surface area contributed by atoms with E-state index in [0.717, 1.165) is 60.1 Å². The minimum Gasteiger partial charge on any atom is -0.504 e. The first kappa shape index (κ1) is 20.0. The second-order valence-corrected chi connectivity index (χ2v) is 7.60. The van der Waals surface area contributed by atoms with Gasteiger partial charge in [-0.3, -0.25) is 4.79 Å². The molecule has 158 valence electrons. The number of aromatic amines is 1. The van der Waals surface area contributed by atoms with Crippen molar-refractivity contribution in [3.8, 4) is 22.8 Å². The summed E-state index contributed by atoms with van der Waals surface area (Å²) in [5.74, 6) is -0.970. The number of aromatic nitrogens is 2. The molecule has 0 radical (unpaired) electrons. The Bertz CT molecular complexity index is 1190. The zero-order valence-electron chi connectivity index (χ0n) is 17.0. The molecule has 1 aliphatic rings. The Morgan fingerprint density at radius 1 is 1.27 bits per heavy atom. The highest BCUT2D eigenvalue weighted by Crippen LogP contribution is 2.39. The number of carbonyl (C=O) groups is 1. The average molecular weight is 411 g/mol. The van der Waals surface area contributed by atoms with Gasteiger partial charge in [0.15, 0.2) is 5.75 Å². The number of hydrogen-bond acceptors (Lipinski definition) is 5. The SMILES string of the molecule is CCNCc1cc2cc3c(cc2n1C)CCCCc1c-3[nH]c(=O)c(OC(=O)O)c1O. The van der Waals surface area contributed by atoms with Crippen LogP contribution in [0, 0.1) is 0 Å². The van der Waals surface area contributed by atoms with Crippen LogP contribution in [0.3, 0.4) is 0 Å². The molecule has 0 saturated carbocycles. The van der Waals surface area contributed by atoms with Gasteiger partial charge in [-0.1, -0.05) is 6.92 Å². The maximum absolute atomic E-state index is 12.5. The van der Waals surface area contributed by atoms with Gasteiger partial charge in [-0.25, -0.2) is 4.79 Å². The summed E-state index contributed by atoms with van der Waals surface area (Å²) >= 11 is 0. The summed E-state index contributed by atoms with van der Waals surface area (Å²) in [5.41, 5.74) is 4.49. The third-order valence-electron chi connectivity index (χ3n) is 5.75. The highest BCUT2D eigenvalue weighted by atomic mass is 16.7. The van der Waals surface area contributed by atoms with E-state index in [9.17, 15) is 14.7 Å². The molecule has 8 heteroatoms. The predicted molar refractivity (Wildman–Crippen MR) is 113 cm³/mol. The topological polar surface area (TPSA) is 117 Å². The lowest BCUT2D eigenvalue weighted by Crippen LogP contribution is -2.18. The Kier molecular flexibility index (Phi) is 5.26. The number of benzene rings is 1. The van der Waals surface area contributed by atoms with Gasteiger partial charge in [0.1, 0.15) is 0 Å². The number of nitrogens with zero attached hydrogens (tertiary/aromatic N) is 1. The number of hydrogen-bond donors (Lipinski definition) is 4. The lowest BCUT2D eigenvalue weighted by atomic mass is 9.89. The Morgan fingerprint density at radius 2 is 2.03 bits per heavy atom. The van der Waals surface area contributed by atoms with Gasteiger partial charge >= 0.3 is 6.16 Å². The lowest BCUT2D eigenvalue weighted by molar-refractivity contribution is 0.142. The van der Waals surface area contributed by atoms with Crippen LogP contribution >= 0.6 is 0 Å². The minimum absolute atomic E-state index is 0.398. The fourth-order valence-corrected chi connectivity index (χ4v) is 4.23. The molecule has 0 bridgehead atoms. The molecule has 30 heavy (non-hydrogen) atoms. The highest BCUT2D eigenvalue weighted by molar-refractivity contribution is 5.89. The summed E-state index contributed by atoms with van der Waals surface area (Å²) in [6, 6.07) is 6.31. The number of fused-ring (bicyclic) bond motifs is 4. The largest absolute Gasteiger partial charge is 0.511 e. The molecule has 0 fully saturated rings. The van der Waals surface area contributed by atoms with Crippen LogP contribution in [0.5, 0.6) is 11.5 Å². The molecule has 0 atom stereocenters. The molecular weight excluding hydrogens is 386 g/mol. The number of aromatic hydroxyl groups is 1. The molecular formula is C22H25N3O5. The number of rotatable bonds is 4. The van der Waals surface area contributed by atoms with Gasteiger partial charge in [-0.15, -0.1) is 0 Å². The smallest absolute Gasteiger partial charge is 0.504 e. The van der Waals surface area contributed by atoms with E-state index in [1.54, 1.807) is 0 Å². The first-order valence-electron chi connectivity index (χ1n) is 10.1. The van der Waals surface area contributed by atoms with E-state index in [1.807, 2.05) is 13.1 Å². The second-order valence-electron chi connectivity index (χ2n) is 7.60. The van der Waals surface area contributed by atoms with E-state index in [4.69, 9.17) is 5.11 Å². The summed E-state index contributed by atoms with van der Waals surface area (Å²) in [4.78, 5) is 26.2. The molecule has 0 amide bonds. The highest BCUT2D eigenvalue weighted by Gasteiger charge is 2.24. The number of aryl methyl sites for hydroxylation is 2. The monoisotopic (exact) mass is 411 g/mol. The standard InChI is InChI=1S/C22H25N3O5/c1-3-23-11-14-8-13-9-16-12(10-17(13)25(14)2)6-4-5-7-15-18(16)24-21(27)20(19(15)26)30-22(28)29/h8-10,23H,3-7,11H2,1-2H3,(H,28,29)(H2,24,26,27). The maximum atomic E-state index is 12.5.